The number of nitrogens with one attached hydrogen (secondary N) is 2. The number of aromatic nitrogens is 3. The van der Waals surface area contributed by atoms with Crippen molar-refractivity contribution in [2.45, 2.75) is 38.5 Å². The van der Waals surface area contributed by atoms with Gasteiger partial charge in [-0.3, -0.25) is 9.63 Å². The van der Waals surface area contributed by atoms with E-state index >= 15 is 0 Å². The molecule has 4 aromatic rings. The van der Waals surface area contributed by atoms with Crippen molar-refractivity contribution in [3.05, 3.63) is 88.8 Å². The largest absolute Gasteiger partial charge is 0.334 e. The van der Waals surface area contributed by atoms with Crippen molar-refractivity contribution >= 4 is 40.6 Å². The van der Waals surface area contributed by atoms with Crippen LogP contribution in [0.4, 0.5) is 15.0 Å². The van der Waals surface area contributed by atoms with Crippen LogP contribution in [0.1, 0.15) is 23.5 Å². The maximum absolute atomic E-state index is 13.7. The molecule has 0 fully saturated rings. The third kappa shape index (κ3) is 6.64. The fourth-order valence-corrected chi connectivity index (χ4v) is 5.01. The molecule has 10 nitrogen and oxygen atoms in total. The highest BCUT2D eigenvalue weighted by Crippen LogP contribution is 2.21. The zero-order valence-electron chi connectivity index (χ0n) is 22.6. The van der Waals surface area contributed by atoms with Crippen molar-refractivity contribution in [2.24, 2.45) is 0 Å². The summed E-state index contributed by atoms with van der Waals surface area (Å²) in [7, 11) is 1.85. The number of likely N-dealkylation sites (N-methyl/N-ethyl adjacent to an activating group) is 1. The Balaban J connectivity index is 1.12. The zero-order valence-corrected chi connectivity index (χ0v) is 23.4. The van der Waals surface area contributed by atoms with Crippen molar-refractivity contribution < 1.29 is 18.8 Å². The van der Waals surface area contributed by atoms with Gasteiger partial charge in [-0.05, 0) is 36.6 Å². The maximum Gasteiger partial charge on any atom is 0.318 e. The predicted octanol–water partition coefficient (Wildman–Crippen LogP) is 4.06. The molecule has 3 heterocycles. The summed E-state index contributed by atoms with van der Waals surface area (Å²) in [6.07, 6.45) is 5.54. The van der Waals surface area contributed by atoms with E-state index < -0.39 is 5.82 Å². The van der Waals surface area contributed by atoms with Crippen LogP contribution in [0.3, 0.4) is 0 Å². The van der Waals surface area contributed by atoms with Crippen molar-refractivity contribution in [2.75, 3.05) is 25.3 Å². The molecule has 12 heteroatoms. The average molecular weight is 580 g/mol. The lowest BCUT2D eigenvalue weighted by molar-refractivity contribution is -0.114. The fourth-order valence-electron chi connectivity index (χ4n) is 4.82. The lowest BCUT2D eigenvalue weighted by Gasteiger charge is -2.29. The van der Waals surface area contributed by atoms with Crippen molar-refractivity contribution in [3.63, 3.8) is 0 Å². The van der Waals surface area contributed by atoms with Gasteiger partial charge in [0.2, 0.25) is 6.41 Å². The number of halogens is 2. The van der Waals surface area contributed by atoms with Gasteiger partial charge in [-0.25, -0.2) is 19.2 Å². The van der Waals surface area contributed by atoms with Gasteiger partial charge in [-0.1, -0.05) is 48.0 Å². The molecule has 0 aliphatic carbocycles. The zero-order chi connectivity index (χ0) is 28.8. The number of carbonyl (C=O) groups is 2. The molecular weight excluding hydrogens is 549 g/mol. The van der Waals surface area contributed by atoms with Crippen molar-refractivity contribution in [1.82, 2.24) is 30.1 Å². The summed E-state index contributed by atoms with van der Waals surface area (Å²) in [5.74, 6) is 0.835. The molecule has 1 atom stereocenters. The Morgan fingerprint density at radius 2 is 2.00 bits per heavy atom. The summed E-state index contributed by atoms with van der Waals surface area (Å²) < 4.78 is 15.8. The molecule has 0 spiro atoms. The molecule has 3 amide bonds. The number of rotatable bonds is 11. The van der Waals surface area contributed by atoms with Crippen LogP contribution < -0.4 is 15.7 Å². The van der Waals surface area contributed by atoms with E-state index in [0.29, 0.717) is 43.8 Å². The molecule has 214 valence electrons. The van der Waals surface area contributed by atoms with Gasteiger partial charge in [0.05, 0.1) is 30.1 Å². The van der Waals surface area contributed by atoms with Crippen LogP contribution >= 0.6 is 11.6 Å². The van der Waals surface area contributed by atoms with Crippen LogP contribution in [0.5, 0.6) is 0 Å². The van der Waals surface area contributed by atoms with E-state index in [4.69, 9.17) is 16.4 Å². The predicted molar refractivity (Wildman–Crippen MR) is 154 cm³/mol. The standard InChI is InChI=1S/C29H31ClFN7O3/c1-32-23(18-41-38(19-39)27-13-20-5-2-3-6-21(20)14-33-27)9-10-26-34-16-24-17-36(11-12-37(24)26)29(40)35-15-22-7-4-8-25(31)28(22)30/h2-8,13-14,16,19,23,32H,9-12,15,17-18H2,1H3,(H,35,40)/t23-/m0/s1. The Morgan fingerprint density at radius 3 is 2.80 bits per heavy atom. The lowest BCUT2D eigenvalue weighted by Crippen LogP contribution is -2.44. The van der Waals surface area contributed by atoms with Gasteiger partial charge in [-0.2, -0.15) is 5.06 Å². The summed E-state index contributed by atoms with van der Waals surface area (Å²) in [4.78, 5) is 40.9. The Labute approximate surface area is 242 Å². The van der Waals surface area contributed by atoms with Gasteiger partial charge in [0.25, 0.3) is 0 Å². The number of hydroxylamine groups is 1. The lowest BCUT2D eigenvalue weighted by atomic mass is 10.1. The number of fused-ring (bicyclic) bond motifs is 2. The molecule has 0 bridgehead atoms. The monoisotopic (exact) mass is 579 g/mol. The second kappa shape index (κ2) is 13.1. The van der Waals surface area contributed by atoms with E-state index in [1.165, 1.54) is 6.07 Å². The number of hydrogen-bond donors (Lipinski definition) is 2. The van der Waals surface area contributed by atoms with E-state index in [1.807, 2.05) is 37.4 Å². The van der Waals surface area contributed by atoms with Gasteiger partial charge in [0.1, 0.15) is 11.6 Å². The number of pyridine rings is 1. The quantitative estimate of drug-likeness (QED) is 0.205. The highest BCUT2D eigenvalue weighted by atomic mass is 35.5. The number of carbonyl (C=O) groups excluding carboxylic acids is 2. The normalized spacial score (nSPS) is 13.6. The Hall–Kier alpha value is -4.06. The molecule has 5 rings (SSSR count). The molecule has 2 N–H and O–H groups in total. The van der Waals surface area contributed by atoms with E-state index in [1.54, 1.807) is 29.4 Å². The van der Waals surface area contributed by atoms with Gasteiger partial charge in [0, 0.05) is 43.7 Å². The SMILES string of the molecule is CN[C@@H](CCc1ncc2n1CCN(C(=O)NCc1cccc(F)c1Cl)C2)CON(C=O)c1cc2ccccc2cn1. The summed E-state index contributed by atoms with van der Waals surface area (Å²) >= 11 is 6.00. The number of aryl methyl sites for hydroxylation is 1. The molecule has 1 aliphatic heterocycles. The van der Waals surface area contributed by atoms with Crippen molar-refractivity contribution in [1.29, 1.82) is 0 Å². The highest BCUT2D eigenvalue weighted by molar-refractivity contribution is 6.31. The van der Waals surface area contributed by atoms with Gasteiger partial charge >= 0.3 is 6.03 Å². The Morgan fingerprint density at radius 1 is 1.17 bits per heavy atom. The first-order chi connectivity index (χ1) is 20.0. The minimum atomic E-state index is -0.511. The molecule has 2 aromatic carbocycles. The smallest absolute Gasteiger partial charge is 0.318 e. The van der Waals surface area contributed by atoms with Crippen LogP contribution in [0.25, 0.3) is 10.8 Å². The topological polar surface area (TPSA) is 105 Å². The molecule has 1 aliphatic rings. The number of nitrogens with zero attached hydrogens (tertiary/aromatic N) is 5. The van der Waals surface area contributed by atoms with E-state index in [-0.39, 0.29) is 30.2 Å². The van der Waals surface area contributed by atoms with E-state index in [2.05, 4.69) is 25.2 Å². The number of hydrogen-bond acceptors (Lipinski definition) is 6. The van der Waals surface area contributed by atoms with E-state index in [9.17, 15) is 14.0 Å². The average Bonchev–Trinajstić information content (AvgIpc) is 3.41. The second-order valence-electron chi connectivity index (χ2n) is 9.75. The first-order valence-corrected chi connectivity index (χ1v) is 13.7. The number of benzene rings is 2. The van der Waals surface area contributed by atoms with Crippen molar-refractivity contribution in [3.8, 4) is 0 Å². The van der Waals surface area contributed by atoms with Crippen LogP contribution in [-0.2, 0) is 35.7 Å². The van der Waals surface area contributed by atoms with Gasteiger partial charge in [0.15, 0.2) is 5.82 Å². The first kappa shape index (κ1) is 28.5. The number of urea groups is 1. The molecular formula is C29H31ClFN7O3. The van der Waals surface area contributed by atoms with Gasteiger partial charge in [-0.15, -0.1) is 0 Å². The maximum atomic E-state index is 13.7. The minimum absolute atomic E-state index is 0.0173. The fraction of sp³-hybridized carbons (Fsp3) is 0.310. The first-order valence-electron chi connectivity index (χ1n) is 13.3. The summed E-state index contributed by atoms with van der Waals surface area (Å²) in [6.45, 7) is 1.96. The minimum Gasteiger partial charge on any atom is -0.334 e. The Kier molecular flexibility index (Phi) is 9.07. The summed E-state index contributed by atoms with van der Waals surface area (Å²) in [5.41, 5.74) is 1.47. The van der Waals surface area contributed by atoms with Crippen LogP contribution in [0.15, 0.2) is 60.9 Å². The van der Waals surface area contributed by atoms with Gasteiger partial charge < -0.3 is 20.1 Å². The van der Waals surface area contributed by atoms with E-state index in [0.717, 1.165) is 33.8 Å². The third-order valence-corrected chi connectivity index (χ3v) is 7.62. The number of anilines is 1. The number of amides is 3. The second-order valence-corrected chi connectivity index (χ2v) is 10.1. The molecule has 0 saturated heterocycles. The molecule has 2 aromatic heterocycles. The van der Waals surface area contributed by atoms with Crippen LogP contribution in [0.2, 0.25) is 5.02 Å². The highest BCUT2D eigenvalue weighted by Gasteiger charge is 2.24. The van der Waals surface area contributed by atoms with Crippen LogP contribution in [0, 0.1) is 5.82 Å². The third-order valence-electron chi connectivity index (χ3n) is 7.19. The molecule has 0 radical (unpaired) electrons. The molecule has 0 saturated carbocycles. The summed E-state index contributed by atoms with van der Waals surface area (Å²) in [5, 5.41) is 9.18. The summed E-state index contributed by atoms with van der Waals surface area (Å²) in [6, 6.07) is 13.9. The van der Waals surface area contributed by atoms with Crippen LogP contribution in [-0.4, -0.2) is 58.1 Å². The molecule has 0 unspecified atom stereocenters. The number of imidazole rings is 1. The molecule has 41 heavy (non-hydrogen) atoms. The Bertz CT molecular complexity index is 1530.